The molecule has 0 radical (unpaired) electrons. The van der Waals surface area contributed by atoms with Crippen LogP contribution < -0.4 is 0 Å². The average Bonchev–Trinajstić information content (AvgIpc) is 2.46. The fraction of sp³-hybridized carbons (Fsp3) is 0.333. The van der Waals surface area contributed by atoms with Gasteiger partial charge < -0.3 is 0 Å². The Hall–Kier alpha value is -1.38. The molecule has 12 heavy (non-hydrogen) atoms. The Morgan fingerprint density at radius 3 is 3.08 bits per heavy atom. The van der Waals surface area contributed by atoms with E-state index in [1.165, 1.54) is 0 Å². The van der Waals surface area contributed by atoms with E-state index in [9.17, 15) is 0 Å². The molecule has 0 N–H and O–H groups in total. The predicted molar refractivity (Wildman–Crippen MR) is 47.1 cm³/mol. The van der Waals surface area contributed by atoms with Crippen molar-refractivity contribution in [3.8, 4) is 0 Å². The van der Waals surface area contributed by atoms with Crippen molar-refractivity contribution in [1.82, 2.24) is 14.6 Å². The van der Waals surface area contributed by atoms with Gasteiger partial charge in [-0.25, -0.2) is 9.50 Å². The summed E-state index contributed by atoms with van der Waals surface area (Å²) in [6.45, 7) is 4.11. The average molecular weight is 161 g/mol. The lowest BCUT2D eigenvalue weighted by molar-refractivity contribution is 0.880. The summed E-state index contributed by atoms with van der Waals surface area (Å²) in [7, 11) is 0. The van der Waals surface area contributed by atoms with Crippen molar-refractivity contribution in [2.45, 2.75) is 20.3 Å². The molecule has 2 aromatic heterocycles. The van der Waals surface area contributed by atoms with E-state index in [4.69, 9.17) is 0 Å². The lowest BCUT2D eigenvalue weighted by Gasteiger charge is -1.92. The van der Waals surface area contributed by atoms with E-state index < -0.39 is 0 Å². The zero-order valence-corrected chi connectivity index (χ0v) is 7.28. The number of nitrogens with zero attached hydrogens (tertiary/aromatic N) is 3. The Bertz CT molecular complexity index is 403. The van der Waals surface area contributed by atoms with Gasteiger partial charge in [-0.05, 0) is 18.9 Å². The molecule has 0 spiro atoms. The van der Waals surface area contributed by atoms with Gasteiger partial charge in [-0.1, -0.05) is 6.92 Å². The maximum atomic E-state index is 4.35. The van der Waals surface area contributed by atoms with E-state index in [0.717, 1.165) is 23.3 Å². The van der Waals surface area contributed by atoms with Crippen LogP contribution in [0.1, 0.15) is 18.2 Å². The number of hydrogen-bond acceptors (Lipinski definition) is 2. The molecular formula is C9H11N3. The topological polar surface area (TPSA) is 30.2 Å². The van der Waals surface area contributed by atoms with Crippen LogP contribution in [0.3, 0.4) is 0 Å². The largest absolute Gasteiger partial charge is 0.237 e. The first-order chi connectivity index (χ1) is 5.79. The van der Waals surface area contributed by atoms with Crippen molar-refractivity contribution >= 4 is 5.65 Å². The number of aromatic nitrogens is 3. The summed E-state index contributed by atoms with van der Waals surface area (Å²) in [6.07, 6.45) is 4.81. The summed E-state index contributed by atoms with van der Waals surface area (Å²) < 4.78 is 1.83. The molecule has 62 valence electrons. The SMILES string of the molecule is CCc1cc2ncc(C)cn2n1. The summed E-state index contributed by atoms with van der Waals surface area (Å²) in [6, 6.07) is 2.01. The Labute approximate surface area is 71.1 Å². The zero-order chi connectivity index (χ0) is 8.55. The molecule has 3 heteroatoms. The van der Waals surface area contributed by atoms with Crippen LogP contribution in [0.2, 0.25) is 0 Å². The highest BCUT2D eigenvalue weighted by atomic mass is 15.2. The second-order valence-corrected chi connectivity index (χ2v) is 2.92. The van der Waals surface area contributed by atoms with Gasteiger partial charge in [-0.15, -0.1) is 0 Å². The van der Waals surface area contributed by atoms with Crippen LogP contribution >= 0.6 is 0 Å². The fourth-order valence-corrected chi connectivity index (χ4v) is 1.19. The van der Waals surface area contributed by atoms with Crippen LogP contribution in [0, 0.1) is 6.92 Å². The van der Waals surface area contributed by atoms with Crippen LogP contribution in [0.15, 0.2) is 18.5 Å². The van der Waals surface area contributed by atoms with Gasteiger partial charge in [-0.3, -0.25) is 0 Å². The Morgan fingerprint density at radius 1 is 1.50 bits per heavy atom. The quantitative estimate of drug-likeness (QED) is 0.636. The van der Waals surface area contributed by atoms with Crippen molar-refractivity contribution in [2.24, 2.45) is 0 Å². The molecule has 0 aromatic carbocycles. The third kappa shape index (κ3) is 1.07. The highest BCUT2D eigenvalue weighted by Crippen LogP contribution is 2.04. The van der Waals surface area contributed by atoms with E-state index in [1.54, 1.807) is 0 Å². The van der Waals surface area contributed by atoms with E-state index >= 15 is 0 Å². The summed E-state index contributed by atoms with van der Waals surface area (Å²) in [5, 5.41) is 4.35. The molecule has 2 heterocycles. The van der Waals surface area contributed by atoms with Gasteiger partial charge in [-0.2, -0.15) is 5.10 Å². The number of hydrogen-bond donors (Lipinski definition) is 0. The zero-order valence-electron chi connectivity index (χ0n) is 7.28. The third-order valence-electron chi connectivity index (χ3n) is 1.86. The minimum atomic E-state index is 0.928. The highest BCUT2D eigenvalue weighted by molar-refractivity contribution is 5.39. The number of fused-ring (bicyclic) bond motifs is 1. The van der Waals surface area contributed by atoms with Crippen molar-refractivity contribution in [2.75, 3.05) is 0 Å². The number of aryl methyl sites for hydroxylation is 2. The van der Waals surface area contributed by atoms with Crippen LogP contribution in [0.25, 0.3) is 5.65 Å². The molecule has 3 nitrogen and oxygen atoms in total. The van der Waals surface area contributed by atoms with Gasteiger partial charge in [0, 0.05) is 18.5 Å². The molecule has 0 atom stereocenters. The molecule has 0 bridgehead atoms. The lowest BCUT2D eigenvalue weighted by Crippen LogP contribution is -1.90. The van der Waals surface area contributed by atoms with Gasteiger partial charge in [0.25, 0.3) is 0 Å². The Morgan fingerprint density at radius 2 is 2.33 bits per heavy atom. The first-order valence-electron chi connectivity index (χ1n) is 4.10. The van der Waals surface area contributed by atoms with Gasteiger partial charge in [0.2, 0.25) is 0 Å². The monoisotopic (exact) mass is 161 g/mol. The molecular weight excluding hydrogens is 150 g/mol. The molecule has 0 aliphatic rings. The maximum absolute atomic E-state index is 4.35. The van der Waals surface area contributed by atoms with Crippen LogP contribution in [-0.2, 0) is 6.42 Å². The molecule has 0 aliphatic heterocycles. The number of rotatable bonds is 1. The van der Waals surface area contributed by atoms with Gasteiger partial charge >= 0.3 is 0 Å². The van der Waals surface area contributed by atoms with E-state index in [0.29, 0.717) is 0 Å². The molecule has 0 amide bonds. The van der Waals surface area contributed by atoms with Crippen molar-refractivity contribution in [3.05, 3.63) is 29.7 Å². The Balaban J connectivity index is 2.67. The fourth-order valence-electron chi connectivity index (χ4n) is 1.19. The first kappa shape index (κ1) is 7.28. The van der Waals surface area contributed by atoms with Gasteiger partial charge in [0.05, 0.1) is 5.69 Å². The summed E-state index contributed by atoms with van der Waals surface area (Å²) in [5.74, 6) is 0. The molecule has 0 saturated carbocycles. The van der Waals surface area contributed by atoms with Crippen molar-refractivity contribution in [1.29, 1.82) is 0 Å². The molecule has 0 saturated heterocycles. The summed E-state index contributed by atoms with van der Waals surface area (Å²) in [4.78, 5) is 4.25. The standard InChI is InChI=1S/C9H11N3/c1-3-8-4-9-10-5-7(2)6-12(9)11-8/h4-6H,3H2,1-2H3. The van der Waals surface area contributed by atoms with E-state index in [1.807, 2.05) is 29.9 Å². The normalized spacial score (nSPS) is 10.8. The molecule has 0 fully saturated rings. The van der Waals surface area contributed by atoms with Crippen LogP contribution in [0.5, 0.6) is 0 Å². The second-order valence-electron chi connectivity index (χ2n) is 2.92. The van der Waals surface area contributed by atoms with E-state index in [2.05, 4.69) is 17.0 Å². The maximum Gasteiger partial charge on any atom is 0.155 e. The summed E-state index contributed by atoms with van der Waals surface area (Å²) in [5.41, 5.74) is 3.15. The minimum Gasteiger partial charge on any atom is -0.237 e. The predicted octanol–water partition coefficient (Wildman–Crippen LogP) is 1.60. The molecule has 0 unspecified atom stereocenters. The second kappa shape index (κ2) is 2.59. The van der Waals surface area contributed by atoms with Crippen molar-refractivity contribution in [3.63, 3.8) is 0 Å². The summed E-state index contributed by atoms with van der Waals surface area (Å²) >= 11 is 0. The first-order valence-corrected chi connectivity index (χ1v) is 4.10. The van der Waals surface area contributed by atoms with Crippen LogP contribution in [0.4, 0.5) is 0 Å². The van der Waals surface area contributed by atoms with Crippen LogP contribution in [-0.4, -0.2) is 14.6 Å². The highest BCUT2D eigenvalue weighted by Gasteiger charge is 1.99. The molecule has 2 rings (SSSR count). The Kier molecular flexibility index (Phi) is 1.57. The molecule has 2 aromatic rings. The minimum absolute atomic E-state index is 0.928. The van der Waals surface area contributed by atoms with Gasteiger partial charge in [0.1, 0.15) is 0 Å². The lowest BCUT2D eigenvalue weighted by atomic mass is 10.3. The molecule has 0 aliphatic carbocycles. The third-order valence-corrected chi connectivity index (χ3v) is 1.86. The smallest absolute Gasteiger partial charge is 0.155 e. The van der Waals surface area contributed by atoms with Gasteiger partial charge in [0.15, 0.2) is 5.65 Å². The van der Waals surface area contributed by atoms with Crippen molar-refractivity contribution < 1.29 is 0 Å². The van der Waals surface area contributed by atoms with E-state index in [-0.39, 0.29) is 0 Å².